The third-order valence-electron chi connectivity index (χ3n) is 5.84. The Hall–Kier alpha value is -3.23. The Morgan fingerprint density at radius 1 is 1.09 bits per heavy atom. The van der Waals surface area contributed by atoms with Gasteiger partial charge in [-0.3, -0.25) is 9.48 Å². The van der Waals surface area contributed by atoms with Crippen molar-refractivity contribution in [2.45, 2.75) is 20.0 Å². The highest BCUT2D eigenvalue weighted by molar-refractivity contribution is 7.20. The van der Waals surface area contributed by atoms with Gasteiger partial charge in [0.1, 0.15) is 10.6 Å². The van der Waals surface area contributed by atoms with Crippen molar-refractivity contribution >= 4 is 33.1 Å². The molecule has 0 radical (unpaired) electrons. The molecule has 0 aliphatic carbocycles. The minimum Gasteiger partial charge on any atom is -0.378 e. The number of hydrogen-bond acceptors (Lipinski definition) is 5. The minimum absolute atomic E-state index is 0.0961. The number of thiophene rings is 1. The van der Waals surface area contributed by atoms with Gasteiger partial charge in [0.2, 0.25) is 0 Å². The molecule has 6 nitrogen and oxygen atoms in total. The van der Waals surface area contributed by atoms with Crippen molar-refractivity contribution in [1.29, 1.82) is 0 Å². The van der Waals surface area contributed by atoms with Crippen molar-refractivity contribution in [2.24, 2.45) is 0 Å². The average Bonchev–Trinajstić information content (AvgIpc) is 3.41. The van der Waals surface area contributed by atoms with E-state index in [2.05, 4.69) is 39.6 Å². The Morgan fingerprint density at radius 2 is 1.79 bits per heavy atom. The Bertz CT molecular complexity index is 1260. The number of benzene rings is 2. The maximum absolute atomic E-state index is 13.2. The van der Waals surface area contributed by atoms with Crippen molar-refractivity contribution in [3.63, 3.8) is 0 Å². The normalized spacial score (nSPS) is 14.1. The summed E-state index contributed by atoms with van der Waals surface area (Å²) in [7, 11) is 0. The van der Waals surface area contributed by atoms with Crippen LogP contribution in [0.15, 0.2) is 54.6 Å². The predicted molar refractivity (Wildman–Crippen MR) is 128 cm³/mol. The maximum Gasteiger partial charge on any atom is 0.261 e. The molecule has 0 bridgehead atoms. The number of carbonyl (C=O) groups excluding carboxylic acids is 1. The number of anilines is 1. The molecule has 3 heterocycles. The molecule has 2 aromatic heterocycles. The van der Waals surface area contributed by atoms with Crippen LogP contribution in [0.1, 0.15) is 26.5 Å². The van der Waals surface area contributed by atoms with Crippen molar-refractivity contribution < 1.29 is 13.9 Å². The number of amides is 1. The van der Waals surface area contributed by atoms with Gasteiger partial charge in [0.15, 0.2) is 0 Å². The summed E-state index contributed by atoms with van der Waals surface area (Å²) in [6, 6.07) is 16.6. The van der Waals surface area contributed by atoms with Crippen molar-refractivity contribution in [2.75, 3.05) is 31.2 Å². The van der Waals surface area contributed by atoms with Crippen molar-refractivity contribution in [3.8, 4) is 0 Å². The lowest BCUT2D eigenvalue weighted by Crippen LogP contribution is -2.36. The van der Waals surface area contributed by atoms with Crippen LogP contribution in [0.3, 0.4) is 0 Å². The number of morpholine rings is 1. The van der Waals surface area contributed by atoms with Crippen LogP contribution < -0.4 is 10.2 Å². The van der Waals surface area contributed by atoms with Gasteiger partial charge in [-0.1, -0.05) is 24.3 Å². The van der Waals surface area contributed by atoms with Crippen LogP contribution in [0, 0.1) is 12.7 Å². The van der Waals surface area contributed by atoms with Crippen LogP contribution in [-0.2, 0) is 17.8 Å². The molecule has 0 atom stereocenters. The standard InChI is InChI=1S/C25H25FN4O2S/c1-17-22-14-23(33-25(22)30(28-17)16-19-2-6-20(26)7-3-19)24(31)27-15-18-4-8-21(9-5-18)29-10-12-32-13-11-29/h2-9,14H,10-13,15-16H2,1H3,(H,27,31). The van der Waals surface area contributed by atoms with Gasteiger partial charge < -0.3 is 15.0 Å². The van der Waals surface area contributed by atoms with Gasteiger partial charge in [0.25, 0.3) is 5.91 Å². The minimum atomic E-state index is -0.258. The van der Waals surface area contributed by atoms with E-state index < -0.39 is 0 Å². The van der Waals surface area contributed by atoms with Crippen LogP contribution in [0.25, 0.3) is 10.2 Å². The first-order valence-corrected chi connectivity index (χ1v) is 11.8. The Balaban J connectivity index is 1.25. The zero-order chi connectivity index (χ0) is 22.8. The van der Waals surface area contributed by atoms with E-state index in [1.54, 1.807) is 12.1 Å². The molecule has 1 N–H and O–H groups in total. The quantitative estimate of drug-likeness (QED) is 0.461. The molecule has 4 aromatic rings. The lowest BCUT2D eigenvalue weighted by Gasteiger charge is -2.28. The molecule has 1 saturated heterocycles. The highest BCUT2D eigenvalue weighted by atomic mass is 32.1. The number of hydrogen-bond donors (Lipinski definition) is 1. The SMILES string of the molecule is Cc1nn(Cc2ccc(F)cc2)c2sc(C(=O)NCc3ccc(N4CCOCC4)cc3)cc12. The number of nitrogens with zero attached hydrogens (tertiary/aromatic N) is 3. The van der Waals surface area contributed by atoms with Crippen LogP contribution in [0.5, 0.6) is 0 Å². The highest BCUT2D eigenvalue weighted by Crippen LogP contribution is 2.29. The van der Waals surface area contributed by atoms with Gasteiger partial charge in [-0.25, -0.2) is 4.39 Å². The number of halogens is 1. The van der Waals surface area contributed by atoms with Crippen molar-refractivity contribution in [1.82, 2.24) is 15.1 Å². The van der Waals surface area contributed by atoms with E-state index in [1.165, 1.54) is 29.2 Å². The summed E-state index contributed by atoms with van der Waals surface area (Å²) in [5, 5.41) is 8.60. The number of aryl methyl sites for hydroxylation is 1. The lowest BCUT2D eigenvalue weighted by atomic mass is 10.2. The zero-order valence-electron chi connectivity index (χ0n) is 18.4. The van der Waals surface area contributed by atoms with Crippen LogP contribution in [0.2, 0.25) is 0 Å². The van der Waals surface area contributed by atoms with E-state index >= 15 is 0 Å². The lowest BCUT2D eigenvalue weighted by molar-refractivity contribution is 0.0955. The fraction of sp³-hybridized carbons (Fsp3) is 0.280. The number of rotatable bonds is 6. The second-order valence-corrected chi connectivity index (χ2v) is 9.18. The predicted octanol–water partition coefficient (Wildman–Crippen LogP) is 4.36. The summed E-state index contributed by atoms with van der Waals surface area (Å²) >= 11 is 1.43. The molecule has 1 aliphatic heterocycles. The fourth-order valence-corrected chi connectivity index (χ4v) is 5.09. The van der Waals surface area contributed by atoms with Gasteiger partial charge in [-0.15, -0.1) is 11.3 Å². The molecule has 33 heavy (non-hydrogen) atoms. The number of fused-ring (bicyclic) bond motifs is 1. The largest absolute Gasteiger partial charge is 0.378 e. The summed E-state index contributed by atoms with van der Waals surface area (Å²) in [4.78, 5) is 16.7. The number of ether oxygens (including phenoxy) is 1. The molecule has 1 fully saturated rings. The Labute approximate surface area is 195 Å². The molecule has 1 aliphatic rings. The first-order valence-electron chi connectivity index (χ1n) is 11.0. The van der Waals surface area contributed by atoms with Gasteiger partial charge in [0, 0.05) is 30.7 Å². The smallest absolute Gasteiger partial charge is 0.261 e. The Kier molecular flexibility index (Phi) is 6.11. The molecule has 0 spiro atoms. The van der Waals surface area contributed by atoms with Gasteiger partial charge >= 0.3 is 0 Å². The van der Waals surface area contributed by atoms with Gasteiger partial charge in [-0.05, 0) is 48.4 Å². The van der Waals surface area contributed by atoms with E-state index in [-0.39, 0.29) is 11.7 Å². The van der Waals surface area contributed by atoms with Gasteiger partial charge in [-0.2, -0.15) is 5.10 Å². The van der Waals surface area contributed by atoms with E-state index in [4.69, 9.17) is 4.74 Å². The highest BCUT2D eigenvalue weighted by Gasteiger charge is 2.17. The monoisotopic (exact) mass is 464 g/mol. The molecule has 8 heteroatoms. The molecule has 170 valence electrons. The second kappa shape index (κ2) is 9.33. The Morgan fingerprint density at radius 3 is 2.52 bits per heavy atom. The van der Waals surface area contributed by atoms with E-state index in [0.29, 0.717) is 18.0 Å². The number of aromatic nitrogens is 2. The summed E-state index contributed by atoms with van der Waals surface area (Å²) in [5.74, 6) is -0.354. The fourth-order valence-electron chi connectivity index (χ4n) is 4.01. The molecule has 0 saturated carbocycles. The van der Waals surface area contributed by atoms with Crippen LogP contribution in [-0.4, -0.2) is 42.0 Å². The third kappa shape index (κ3) is 4.77. The van der Waals surface area contributed by atoms with Gasteiger partial charge in [0.05, 0.1) is 30.3 Å². The zero-order valence-corrected chi connectivity index (χ0v) is 19.2. The topological polar surface area (TPSA) is 59.4 Å². The first-order chi connectivity index (χ1) is 16.1. The average molecular weight is 465 g/mol. The molecule has 0 unspecified atom stereocenters. The number of nitrogens with one attached hydrogen (secondary N) is 1. The molecule has 1 amide bonds. The molecule has 2 aromatic carbocycles. The van der Waals surface area contributed by atoms with Crippen LogP contribution >= 0.6 is 11.3 Å². The summed E-state index contributed by atoms with van der Waals surface area (Å²) in [5.41, 5.74) is 4.07. The molecule has 5 rings (SSSR count). The van der Waals surface area contributed by atoms with Crippen LogP contribution in [0.4, 0.5) is 10.1 Å². The second-order valence-electron chi connectivity index (χ2n) is 8.15. The maximum atomic E-state index is 13.2. The summed E-state index contributed by atoms with van der Waals surface area (Å²) in [6.45, 7) is 6.26. The summed E-state index contributed by atoms with van der Waals surface area (Å²) in [6.07, 6.45) is 0. The van der Waals surface area contributed by atoms with E-state index in [1.807, 2.05) is 17.7 Å². The van der Waals surface area contributed by atoms with E-state index in [0.717, 1.165) is 53.3 Å². The third-order valence-corrected chi connectivity index (χ3v) is 6.99. The number of carbonyl (C=O) groups is 1. The van der Waals surface area contributed by atoms with Crippen molar-refractivity contribution in [3.05, 3.63) is 82.1 Å². The van der Waals surface area contributed by atoms with E-state index in [9.17, 15) is 9.18 Å². The summed E-state index contributed by atoms with van der Waals surface area (Å²) < 4.78 is 20.5. The molecular formula is C25H25FN4O2S. The molecular weight excluding hydrogens is 439 g/mol. The first kappa shape index (κ1) is 21.6.